The molecule has 2 aromatic heterocycles. The van der Waals surface area contributed by atoms with Crippen LogP contribution in [0, 0.1) is 13.8 Å². The van der Waals surface area contributed by atoms with E-state index >= 15 is 0 Å². The fraction of sp³-hybridized carbons (Fsp3) is 0.148. The molecule has 5 rings (SSSR count). The van der Waals surface area contributed by atoms with Crippen LogP contribution in [-0.2, 0) is 11.3 Å². The zero-order valence-corrected chi connectivity index (χ0v) is 19.8. The number of nitrogens with one attached hydrogen (secondary N) is 2. The van der Waals surface area contributed by atoms with Gasteiger partial charge in [-0.3, -0.25) is 14.2 Å². The van der Waals surface area contributed by atoms with Gasteiger partial charge < -0.3 is 10.3 Å². The van der Waals surface area contributed by atoms with Crippen molar-refractivity contribution in [2.45, 2.75) is 25.5 Å². The van der Waals surface area contributed by atoms with Gasteiger partial charge in [0.1, 0.15) is 11.0 Å². The second kappa shape index (κ2) is 9.19. The van der Waals surface area contributed by atoms with Gasteiger partial charge in [0.05, 0.1) is 11.4 Å². The second-order valence-electron chi connectivity index (χ2n) is 8.27. The molecule has 0 saturated heterocycles. The Morgan fingerprint density at radius 1 is 1.00 bits per heavy atom. The number of benzene rings is 3. The van der Waals surface area contributed by atoms with Crippen LogP contribution in [0.2, 0.25) is 0 Å². The number of H-pyrrole nitrogens is 1. The smallest absolute Gasteiger partial charge is 0.283 e. The van der Waals surface area contributed by atoms with Crippen LogP contribution in [0.4, 0.5) is 0 Å². The quantitative estimate of drug-likeness (QED) is 0.275. The van der Waals surface area contributed by atoms with Crippen molar-refractivity contribution in [2.24, 2.45) is 0 Å². The molecule has 170 valence electrons. The number of hydrogen-bond donors (Lipinski definition) is 2. The molecule has 0 aliphatic rings. The molecular formula is C27H24N4O2S. The molecule has 0 radical (unpaired) electrons. The number of thioether (sulfide) groups is 1. The van der Waals surface area contributed by atoms with Gasteiger partial charge in [0.15, 0.2) is 5.16 Å². The first-order valence-electron chi connectivity index (χ1n) is 11.1. The molecule has 34 heavy (non-hydrogen) atoms. The van der Waals surface area contributed by atoms with Gasteiger partial charge in [-0.2, -0.15) is 0 Å². The van der Waals surface area contributed by atoms with Crippen LogP contribution in [-0.4, -0.2) is 26.2 Å². The minimum atomic E-state index is -0.182. The van der Waals surface area contributed by atoms with Crippen LogP contribution in [0.3, 0.4) is 0 Å². The Bertz CT molecular complexity index is 1570. The van der Waals surface area contributed by atoms with E-state index in [1.54, 1.807) is 4.57 Å². The average Bonchev–Trinajstić information content (AvgIpc) is 3.22. The molecule has 0 unspecified atom stereocenters. The third kappa shape index (κ3) is 4.22. The van der Waals surface area contributed by atoms with E-state index in [-0.39, 0.29) is 17.2 Å². The van der Waals surface area contributed by atoms with E-state index in [0.29, 0.717) is 22.7 Å². The van der Waals surface area contributed by atoms with E-state index in [0.717, 1.165) is 27.7 Å². The van der Waals surface area contributed by atoms with Crippen LogP contribution in [0.1, 0.15) is 16.7 Å². The Kier molecular flexibility index (Phi) is 5.94. The molecule has 0 aliphatic heterocycles. The zero-order chi connectivity index (χ0) is 23.7. The van der Waals surface area contributed by atoms with Crippen LogP contribution in [0.25, 0.3) is 27.6 Å². The fourth-order valence-electron chi connectivity index (χ4n) is 3.95. The van der Waals surface area contributed by atoms with Crippen LogP contribution < -0.4 is 10.9 Å². The Balaban J connectivity index is 1.49. The number of hydrogen-bond acceptors (Lipinski definition) is 4. The van der Waals surface area contributed by atoms with Crippen LogP contribution in [0.5, 0.6) is 0 Å². The zero-order valence-electron chi connectivity index (χ0n) is 19.0. The lowest BCUT2D eigenvalue weighted by molar-refractivity contribution is -0.118. The SMILES string of the molecule is Cc1ccc(CNC(=O)CSc2nc3c([nH]c4ccccc43)c(=O)n2-c2ccccc2C)cc1. The second-order valence-corrected chi connectivity index (χ2v) is 9.21. The highest BCUT2D eigenvalue weighted by Gasteiger charge is 2.19. The van der Waals surface area contributed by atoms with Crippen LogP contribution >= 0.6 is 11.8 Å². The molecule has 0 spiro atoms. The molecule has 7 heteroatoms. The maximum atomic E-state index is 13.6. The van der Waals surface area contributed by atoms with E-state index < -0.39 is 0 Å². The predicted molar refractivity (Wildman–Crippen MR) is 138 cm³/mol. The Hall–Kier alpha value is -3.84. The number of aromatic nitrogens is 3. The molecule has 5 aromatic rings. The molecule has 6 nitrogen and oxygen atoms in total. The molecule has 3 aromatic carbocycles. The van der Waals surface area contributed by atoms with E-state index in [9.17, 15) is 9.59 Å². The van der Waals surface area contributed by atoms with Gasteiger partial charge in [0.2, 0.25) is 5.91 Å². The number of aryl methyl sites for hydroxylation is 2. The van der Waals surface area contributed by atoms with E-state index in [4.69, 9.17) is 4.98 Å². The number of amides is 1. The minimum absolute atomic E-state index is 0.116. The van der Waals surface area contributed by atoms with Gasteiger partial charge in [-0.15, -0.1) is 0 Å². The van der Waals surface area contributed by atoms with Gasteiger partial charge in [-0.05, 0) is 37.1 Å². The number of rotatable bonds is 6. The summed E-state index contributed by atoms with van der Waals surface area (Å²) in [6.45, 7) is 4.45. The lowest BCUT2D eigenvalue weighted by Crippen LogP contribution is -2.26. The van der Waals surface area contributed by atoms with E-state index in [1.807, 2.05) is 86.6 Å². The highest BCUT2D eigenvalue weighted by Crippen LogP contribution is 2.27. The molecule has 2 heterocycles. The van der Waals surface area contributed by atoms with Crippen LogP contribution in [0.15, 0.2) is 82.7 Å². The van der Waals surface area contributed by atoms with Gasteiger partial charge in [-0.25, -0.2) is 4.98 Å². The summed E-state index contributed by atoms with van der Waals surface area (Å²) in [5.41, 5.74) is 5.67. The summed E-state index contributed by atoms with van der Waals surface area (Å²) in [5, 5.41) is 4.33. The summed E-state index contributed by atoms with van der Waals surface area (Å²) in [6.07, 6.45) is 0. The molecule has 0 atom stereocenters. The highest BCUT2D eigenvalue weighted by molar-refractivity contribution is 7.99. The molecule has 0 aliphatic carbocycles. The topological polar surface area (TPSA) is 79.8 Å². The minimum Gasteiger partial charge on any atom is -0.351 e. The Morgan fingerprint density at radius 3 is 2.53 bits per heavy atom. The average molecular weight is 469 g/mol. The highest BCUT2D eigenvalue weighted by atomic mass is 32.2. The molecule has 0 fully saturated rings. The molecule has 2 N–H and O–H groups in total. The van der Waals surface area contributed by atoms with Gasteiger partial charge in [0, 0.05) is 17.4 Å². The number of para-hydroxylation sites is 2. The third-order valence-electron chi connectivity index (χ3n) is 5.79. The normalized spacial score (nSPS) is 11.2. The summed E-state index contributed by atoms with van der Waals surface area (Å²) in [6, 6.07) is 23.5. The monoisotopic (exact) mass is 468 g/mol. The van der Waals surface area contributed by atoms with Gasteiger partial charge in [0.25, 0.3) is 5.56 Å². The van der Waals surface area contributed by atoms with Crippen molar-refractivity contribution in [1.29, 1.82) is 0 Å². The van der Waals surface area contributed by atoms with E-state index in [1.165, 1.54) is 17.3 Å². The molecule has 0 bridgehead atoms. The summed E-state index contributed by atoms with van der Waals surface area (Å²) < 4.78 is 1.60. The van der Waals surface area contributed by atoms with Gasteiger partial charge >= 0.3 is 0 Å². The number of carbonyl (C=O) groups excluding carboxylic acids is 1. The Labute approximate surface area is 201 Å². The third-order valence-corrected chi connectivity index (χ3v) is 6.73. The standard InChI is InChI=1S/C27H24N4O2S/c1-17-11-13-19(14-12-17)15-28-23(32)16-34-27-30-24-20-8-4-5-9-21(20)29-25(24)26(33)31(27)22-10-6-3-7-18(22)2/h3-14,29H,15-16H2,1-2H3,(H,28,32). The Morgan fingerprint density at radius 2 is 1.74 bits per heavy atom. The van der Waals surface area contributed by atoms with Crippen molar-refractivity contribution in [3.05, 3.63) is 99.8 Å². The first-order valence-corrected chi connectivity index (χ1v) is 12.0. The number of fused-ring (bicyclic) bond motifs is 3. The first kappa shape index (κ1) is 22.0. The number of aromatic amines is 1. The number of nitrogens with zero attached hydrogens (tertiary/aromatic N) is 2. The van der Waals surface area contributed by atoms with Crippen molar-refractivity contribution in [2.75, 3.05) is 5.75 Å². The maximum Gasteiger partial charge on any atom is 0.283 e. The van der Waals surface area contributed by atoms with Crippen molar-refractivity contribution >= 4 is 39.6 Å². The maximum absolute atomic E-state index is 13.6. The summed E-state index contributed by atoms with van der Waals surface area (Å²) in [4.78, 5) is 34.3. The largest absolute Gasteiger partial charge is 0.351 e. The fourth-order valence-corrected chi connectivity index (χ4v) is 4.78. The van der Waals surface area contributed by atoms with Crippen molar-refractivity contribution in [1.82, 2.24) is 19.9 Å². The number of carbonyl (C=O) groups is 1. The summed E-state index contributed by atoms with van der Waals surface area (Å²) >= 11 is 1.26. The van der Waals surface area contributed by atoms with E-state index in [2.05, 4.69) is 10.3 Å². The summed E-state index contributed by atoms with van der Waals surface area (Å²) in [7, 11) is 0. The van der Waals surface area contributed by atoms with Crippen molar-refractivity contribution < 1.29 is 4.79 Å². The molecule has 0 saturated carbocycles. The summed E-state index contributed by atoms with van der Waals surface area (Å²) in [5.74, 6) is 0.0353. The predicted octanol–water partition coefficient (Wildman–Crippen LogP) is 4.89. The van der Waals surface area contributed by atoms with Crippen molar-refractivity contribution in [3.8, 4) is 5.69 Å². The first-order chi connectivity index (χ1) is 16.5. The van der Waals surface area contributed by atoms with Crippen molar-refractivity contribution in [3.63, 3.8) is 0 Å². The lowest BCUT2D eigenvalue weighted by Gasteiger charge is -2.14. The van der Waals surface area contributed by atoms with Gasteiger partial charge in [-0.1, -0.05) is 78.0 Å². The molecule has 1 amide bonds. The molecular weight excluding hydrogens is 444 g/mol. The lowest BCUT2D eigenvalue weighted by atomic mass is 10.1.